The minimum atomic E-state index is -0.588. The molecule has 27 heavy (non-hydrogen) atoms. The Labute approximate surface area is 161 Å². The van der Waals surface area contributed by atoms with Crippen LogP contribution in [0, 0.1) is 11.6 Å². The molecule has 4 nitrogen and oxygen atoms in total. The smallest absolute Gasteiger partial charge is 0.196 e. The number of nitrogens with zero attached hydrogens (tertiary/aromatic N) is 4. The molecule has 0 amide bonds. The van der Waals surface area contributed by atoms with Gasteiger partial charge in [0.25, 0.3) is 0 Å². The first kappa shape index (κ1) is 18.1. The summed E-state index contributed by atoms with van der Waals surface area (Å²) in [6, 6.07) is 13.8. The molecule has 0 radical (unpaired) electrons. The maximum Gasteiger partial charge on any atom is 0.196 e. The zero-order valence-electron chi connectivity index (χ0n) is 14.8. The van der Waals surface area contributed by atoms with Crippen LogP contribution in [-0.4, -0.2) is 32.8 Å². The fourth-order valence-electron chi connectivity index (χ4n) is 3.25. The predicted molar refractivity (Wildman–Crippen MR) is 101 cm³/mol. The summed E-state index contributed by atoms with van der Waals surface area (Å²) in [5, 5.41) is 9.08. The van der Waals surface area contributed by atoms with Crippen molar-refractivity contribution in [2.45, 2.75) is 36.0 Å². The molecule has 7 heteroatoms. The van der Waals surface area contributed by atoms with Crippen LogP contribution in [0.5, 0.6) is 0 Å². The first-order chi connectivity index (χ1) is 13.2. The van der Waals surface area contributed by atoms with Crippen LogP contribution >= 0.6 is 11.8 Å². The summed E-state index contributed by atoms with van der Waals surface area (Å²) in [7, 11) is 0. The van der Waals surface area contributed by atoms with Crippen molar-refractivity contribution in [1.29, 1.82) is 0 Å². The van der Waals surface area contributed by atoms with E-state index in [4.69, 9.17) is 0 Å². The lowest BCUT2D eigenvalue weighted by molar-refractivity contribution is 0.316. The standard InChI is InChI=1S/C20H20F2N4S/c21-16-9-6-10-17(22)19(16)27-20-24-23-18(14-25-11-4-5-12-25)26(20)13-15-7-2-1-3-8-15/h1-3,6-10H,4-5,11-14H2. The van der Waals surface area contributed by atoms with Crippen molar-refractivity contribution in [3.05, 3.63) is 71.6 Å². The SMILES string of the molecule is Fc1cccc(F)c1Sc1nnc(CN2CCCC2)n1Cc1ccccc1. The third-order valence-electron chi connectivity index (χ3n) is 4.65. The summed E-state index contributed by atoms with van der Waals surface area (Å²) in [5.74, 6) is -0.356. The molecule has 0 aliphatic carbocycles. The fourth-order valence-corrected chi connectivity index (χ4v) is 4.12. The van der Waals surface area contributed by atoms with Gasteiger partial charge < -0.3 is 4.57 Å². The van der Waals surface area contributed by atoms with Crippen molar-refractivity contribution >= 4 is 11.8 Å². The van der Waals surface area contributed by atoms with Gasteiger partial charge in [0, 0.05) is 0 Å². The van der Waals surface area contributed by atoms with E-state index in [2.05, 4.69) is 15.1 Å². The summed E-state index contributed by atoms with van der Waals surface area (Å²) in [6.45, 7) is 3.35. The first-order valence-electron chi connectivity index (χ1n) is 9.01. The molecule has 2 heterocycles. The van der Waals surface area contributed by atoms with Crippen molar-refractivity contribution in [3.63, 3.8) is 0 Å². The molecule has 2 aromatic carbocycles. The van der Waals surface area contributed by atoms with Gasteiger partial charge >= 0.3 is 0 Å². The molecular formula is C20H20F2N4S. The summed E-state index contributed by atoms with van der Waals surface area (Å²) >= 11 is 0.986. The normalized spacial score (nSPS) is 14.7. The Morgan fingerprint density at radius 3 is 2.26 bits per heavy atom. The van der Waals surface area contributed by atoms with Crippen LogP contribution in [0.3, 0.4) is 0 Å². The van der Waals surface area contributed by atoms with E-state index in [0.29, 0.717) is 18.2 Å². The lowest BCUT2D eigenvalue weighted by atomic mass is 10.2. The third kappa shape index (κ3) is 4.20. The van der Waals surface area contributed by atoms with Gasteiger partial charge in [-0.15, -0.1) is 10.2 Å². The Bertz CT molecular complexity index is 887. The van der Waals surface area contributed by atoms with Gasteiger partial charge in [-0.05, 0) is 55.4 Å². The molecule has 1 aliphatic heterocycles. The zero-order chi connectivity index (χ0) is 18.6. The van der Waals surface area contributed by atoms with Crippen molar-refractivity contribution < 1.29 is 8.78 Å². The molecule has 0 atom stereocenters. The van der Waals surface area contributed by atoms with E-state index in [9.17, 15) is 8.78 Å². The van der Waals surface area contributed by atoms with E-state index in [1.165, 1.54) is 31.0 Å². The average molecular weight is 386 g/mol. The Hall–Kier alpha value is -2.25. The minimum Gasteiger partial charge on any atom is -0.300 e. The van der Waals surface area contributed by atoms with Crippen LogP contribution in [0.25, 0.3) is 0 Å². The second-order valence-corrected chi connectivity index (χ2v) is 7.58. The molecule has 140 valence electrons. The van der Waals surface area contributed by atoms with E-state index in [-0.39, 0.29) is 4.90 Å². The highest BCUT2D eigenvalue weighted by Crippen LogP contribution is 2.32. The van der Waals surface area contributed by atoms with Gasteiger partial charge in [0.1, 0.15) is 17.5 Å². The van der Waals surface area contributed by atoms with Crippen molar-refractivity contribution in [3.8, 4) is 0 Å². The minimum absolute atomic E-state index is 0.0491. The number of rotatable bonds is 6. The van der Waals surface area contributed by atoms with Gasteiger partial charge in [0.2, 0.25) is 0 Å². The van der Waals surface area contributed by atoms with Crippen molar-refractivity contribution in [2.24, 2.45) is 0 Å². The number of hydrogen-bond acceptors (Lipinski definition) is 4. The molecule has 0 saturated carbocycles. The molecule has 1 aliphatic rings. The Balaban J connectivity index is 1.66. The molecule has 0 unspecified atom stereocenters. The summed E-state index contributed by atoms with van der Waals surface area (Å²) < 4.78 is 30.2. The number of halogens is 2. The van der Waals surface area contributed by atoms with Gasteiger partial charge in [-0.1, -0.05) is 36.4 Å². The van der Waals surface area contributed by atoms with Crippen LogP contribution in [0.1, 0.15) is 24.2 Å². The Kier molecular flexibility index (Phi) is 5.50. The molecule has 0 N–H and O–H groups in total. The Morgan fingerprint density at radius 2 is 1.56 bits per heavy atom. The van der Waals surface area contributed by atoms with Crippen LogP contribution in [0.15, 0.2) is 58.6 Å². The quantitative estimate of drug-likeness (QED) is 0.631. The number of likely N-dealkylation sites (tertiary alicyclic amines) is 1. The molecule has 1 saturated heterocycles. The van der Waals surface area contributed by atoms with Gasteiger partial charge in [0.05, 0.1) is 18.0 Å². The van der Waals surface area contributed by atoms with E-state index >= 15 is 0 Å². The van der Waals surface area contributed by atoms with E-state index < -0.39 is 11.6 Å². The van der Waals surface area contributed by atoms with Gasteiger partial charge in [-0.25, -0.2) is 8.78 Å². The second kappa shape index (κ2) is 8.19. The van der Waals surface area contributed by atoms with E-state index in [0.717, 1.165) is 36.2 Å². The highest BCUT2D eigenvalue weighted by atomic mass is 32.2. The highest BCUT2D eigenvalue weighted by Gasteiger charge is 2.21. The number of hydrogen-bond donors (Lipinski definition) is 0. The van der Waals surface area contributed by atoms with E-state index in [1.807, 2.05) is 34.9 Å². The van der Waals surface area contributed by atoms with Crippen molar-refractivity contribution in [2.75, 3.05) is 13.1 Å². The van der Waals surface area contributed by atoms with Crippen LogP contribution in [0.4, 0.5) is 8.78 Å². The second-order valence-electron chi connectivity index (χ2n) is 6.61. The van der Waals surface area contributed by atoms with Crippen LogP contribution in [0.2, 0.25) is 0 Å². The summed E-state index contributed by atoms with van der Waals surface area (Å²) in [5.41, 5.74) is 1.09. The molecule has 3 aromatic rings. The van der Waals surface area contributed by atoms with Crippen LogP contribution in [-0.2, 0) is 13.1 Å². The van der Waals surface area contributed by atoms with Gasteiger partial charge in [-0.3, -0.25) is 4.90 Å². The maximum absolute atomic E-state index is 14.1. The average Bonchev–Trinajstić information content (AvgIpc) is 3.31. The summed E-state index contributed by atoms with van der Waals surface area (Å²) in [4.78, 5) is 2.29. The maximum atomic E-state index is 14.1. The number of aromatic nitrogens is 3. The molecule has 0 spiro atoms. The lowest BCUT2D eigenvalue weighted by Crippen LogP contribution is -2.21. The Morgan fingerprint density at radius 1 is 0.852 bits per heavy atom. The van der Waals surface area contributed by atoms with E-state index in [1.54, 1.807) is 0 Å². The predicted octanol–water partition coefficient (Wildman–Crippen LogP) is 4.35. The largest absolute Gasteiger partial charge is 0.300 e. The molecular weight excluding hydrogens is 366 g/mol. The monoisotopic (exact) mass is 386 g/mol. The molecule has 1 fully saturated rings. The third-order valence-corrected chi connectivity index (χ3v) is 5.73. The lowest BCUT2D eigenvalue weighted by Gasteiger charge is -2.16. The topological polar surface area (TPSA) is 34.0 Å². The summed E-state index contributed by atoms with van der Waals surface area (Å²) in [6.07, 6.45) is 2.38. The van der Waals surface area contributed by atoms with Crippen LogP contribution < -0.4 is 0 Å². The fraction of sp³-hybridized carbons (Fsp3) is 0.300. The number of benzene rings is 2. The first-order valence-corrected chi connectivity index (χ1v) is 9.82. The van der Waals surface area contributed by atoms with Crippen molar-refractivity contribution in [1.82, 2.24) is 19.7 Å². The molecule has 4 rings (SSSR count). The molecule has 0 bridgehead atoms. The van der Waals surface area contributed by atoms with Gasteiger partial charge in [0.15, 0.2) is 5.16 Å². The highest BCUT2D eigenvalue weighted by molar-refractivity contribution is 7.99. The molecule has 1 aromatic heterocycles. The van der Waals surface area contributed by atoms with Gasteiger partial charge in [-0.2, -0.15) is 0 Å². The zero-order valence-corrected chi connectivity index (χ0v) is 15.6.